The number of nitrogens with zero attached hydrogens (tertiary/aromatic N) is 2. The van der Waals surface area contributed by atoms with Crippen LogP contribution < -0.4 is 5.73 Å². The van der Waals surface area contributed by atoms with Crippen molar-refractivity contribution in [3.8, 4) is 0 Å². The molecule has 0 aromatic carbocycles. The third-order valence-electron chi connectivity index (χ3n) is 1.27. The van der Waals surface area contributed by atoms with Gasteiger partial charge >= 0.3 is 5.97 Å². The third-order valence-corrected chi connectivity index (χ3v) is 1.27. The molecule has 1 rings (SSSR count). The second kappa shape index (κ2) is 4.20. The van der Waals surface area contributed by atoms with Gasteiger partial charge in [0.05, 0.1) is 7.11 Å². The van der Waals surface area contributed by atoms with E-state index in [2.05, 4.69) is 14.7 Å². The lowest BCUT2D eigenvalue weighted by Crippen LogP contribution is -1.96. The SMILES string of the molecule is COC(=O)/C=C/c1nccc(N)n1. The van der Waals surface area contributed by atoms with E-state index in [-0.39, 0.29) is 0 Å². The van der Waals surface area contributed by atoms with Crippen LogP contribution in [0.1, 0.15) is 5.82 Å². The average molecular weight is 179 g/mol. The fraction of sp³-hybridized carbons (Fsp3) is 0.125. The van der Waals surface area contributed by atoms with Crippen LogP contribution in [-0.2, 0) is 9.53 Å². The molecule has 2 N–H and O–H groups in total. The molecule has 1 aromatic heterocycles. The number of hydrogen-bond donors (Lipinski definition) is 1. The lowest BCUT2D eigenvalue weighted by atomic mass is 10.4. The molecule has 5 heteroatoms. The molecule has 1 heterocycles. The number of nitrogens with two attached hydrogens (primary N) is 1. The van der Waals surface area contributed by atoms with Gasteiger partial charge in [0.2, 0.25) is 0 Å². The molecule has 0 saturated heterocycles. The van der Waals surface area contributed by atoms with E-state index in [0.29, 0.717) is 11.6 Å². The first-order chi connectivity index (χ1) is 6.22. The number of hydrogen-bond acceptors (Lipinski definition) is 5. The summed E-state index contributed by atoms with van der Waals surface area (Å²) >= 11 is 0. The van der Waals surface area contributed by atoms with Crippen molar-refractivity contribution < 1.29 is 9.53 Å². The Morgan fingerprint density at radius 2 is 2.46 bits per heavy atom. The molecule has 0 aliphatic carbocycles. The second-order valence-electron chi connectivity index (χ2n) is 2.20. The minimum atomic E-state index is -0.453. The molecular formula is C8H9N3O2. The van der Waals surface area contributed by atoms with Gasteiger partial charge in [-0.05, 0) is 12.1 Å². The summed E-state index contributed by atoms with van der Waals surface area (Å²) in [5.74, 6) is 0.288. The Hall–Kier alpha value is -1.91. The minimum Gasteiger partial charge on any atom is -0.466 e. The first-order valence-corrected chi connectivity index (χ1v) is 3.57. The van der Waals surface area contributed by atoms with E-state index >= 15 is 0 Å². The minimum absolute atomic E-state index is 0.361. The number of carbonyl (C=O) groups is 1. The van der Waals surface area contributed by atoms with E-state index in [9.17, 15) is 4.79 Å². The van der Waals surface area contributed by atoms with Gasteiger partial charge in [0.1, 0.15) is 5.82 Å². The summed E-state index contributed by atoms with van der Waals surface area (Å²) in [6.45, 7) is 0. The van der Waals surface area contributed by atoms with Crippen LogP contribution in [0.15, 0.2) is 18.3 Å². The van der Waals surface area contributed by atoms with E-state index in [1.807, 2.05) is 0 Å². The van der Waals surface area contributed by atoms with Gasteiger partial charge in [0.25, 0.3) is 0 Å². The summed E-state index contributed by atoms with van der Waals surface area (Å²) in [5, 5.41) is 0. The van der Waals surface area contributed by atoms with Crippen molar-refractivity contribution in [1.29, 1.82) is 0 Å². The molecule has 0 bridgehead atoms. The topological polar surface area (TPSA) is 78.1 Å². The highest BCUT2D eigenvalue weighted by Gasteiger charge is 1.94. The van der Waals surface area contributed by atoms with E-state index in [1.165, 1.54) is 25.5 Å². The van der Waals surface area contributed by atoms with Crippen molar-refractivity contribution in [2.24, 2.45) is 0 Å². The van der Waals surface area contributed by atoms with E-state index in [0.717, 1.165) is 0 Å². The molecule has 0 spiro atoms. The maximum Gasteiger partial charge on any atom is 0.330 e. The summed E-state index contributed by atoms with van der Waals surface area (Å²) < 4.78 is 4.39. The van der Waals surface area contributed by atoms with Gasteiger partial charge in [-0.3, -0.25) is 0 Å². The van der Waals surface area contributed by atoms with Gasteiger partial charge in [-0.15, -0.1) is 0 Å². The van der Waals surface area contributed by atoms with E-state index in [1.54, 1.807) is 6.07 Å². The Morgan fingerprint density at radius 3 is 3.08 bits per heavy atom. The Morgan fingerprint density at radius 1 is 1.69 bits per heavy atom. The molecule has 0 aliphatic heterocycles. The summed E-state index contributed by atoms with van der Waals surface area (Å²) in [7, 11) is 1.30. The van der Waals surface area contributed by atoms with Crippen LogP contribution in [0, 0.1) is 0 Å². The monoisotopic (exact) mass is 179 g/mol. The number of esters is 1. The summed E-state index contributed by atoms with van der Waals surface area (Å²) in [6.07, 6.45) is 4.18. The van der Waals surface area contributed by atoms with E-state index in [4.69, 9.17) is 5.73 Å². The standard InChI is InChI=1S/C8H9N3O2/c1-13-8(12)3-2-7-10-5-4-6(9)11-7/h2-5H,1H3,(H2,9,10,11)/b3-2+. The Balaban J connectivity index is 2.74. The number of ether oxygens (including phenoxy) is 1. The lowest BCUT2D eigenvalue weighted by molar-refractivity contribution is -0.134. The Kier molecular flexibility index (Phi) is 2.97. The van der Waals surface area contributed by atoms with Gasteiger partial charge in [0, 0.05) is 12.3 Å². The lowest BCUT2D eigenvalue weighted by Gasteiger charge is -1.93. The fourth-order valence-corrected chi connectivity index (χ4v) is 0.679. The van der Waals surface area contributed by atoms with Gasteiger partial charge in [-0.1, -0.05) is 0 Å². The molecular weight excluding hydrogens is 170 g/mol. The molecule has 13 heavy (non-hydrogen) atoms. The fourth-order valence-electron chi connectivity index (χ4n) is 0.679. The molecule has 68 valence electrons. The number of rotatable bonds is 2. The van der Waals surface area contributed by atoms with Crippen LogP contribution in [-0.4, -0.2) is 23.0 Å². The highest BCUT2D eigenvalue weighted by molar-refractivity contribution is 5.86. The van der Waals surface area contributed by atoms with Gasteiger partial charge < -0.3 is 10.5 Å². The molecule has 0 radical (unpaired) electrons. The summed E-state index contributed by atoms with van der Waals surface area (Å²) in [4.78, 5) is 18.4. The molecule has 0 aliphatic rings. The first kappa shape index (κ1) is 9.18. The van der Waals surface area contributed by atoms with Crippen LogP contribution in [0.2, 0.25) is 0 Å². The third kappa shape index (κ3) is 2.90. The maximum absolute atomic E-state index is 10.7. The molecule has 0 fully saturated rings. The summed E-state index contributed by atoms with van der Waals surface area (Å²) in [5.41, 5.74) is 5.40. The zero-order chi connectivity index (χ0) is 9.68. The van der Waals surface area contributed by atoms with Crippen molar-refractivity contribution in [3.63, 3.8) is 0 Å². The molecule has 1 aromatic rings. The quantitative estimate of drug-likeness (QED) is 0.520. The summed E-state index contributed by atoms with van der Waals surface area (Å²) in [6, 6.07) is 1.56. The zero-order valence-corrected chi connectivity index (χ0v) is 7.10. The van der Waals surface area contributed by atoms with Crippen molar-refractivity contribution in [2.75, 3.05) is 12.8 Å². The van der Waals surface area contributed by atoms with E-state index < -0.39 is 5.97 Å². The largest absolute Gasteiger partial charge is 0.466 e. The second-order valence-corrected chi connectivity index (χ2v) is 2.20. The van der Waals surface area contributed by atoms with Gasteiger partial charge in [-0.2, -0.15) is 0 Å². The number of anilines is 1. The van der Waals surface area contributed by atoms with Gasteiger partial charge in [0.15, 0.2) is 5.82 Å². The Labute approximate surface area is 75.3 Å². The van der Waals surface area contributed by atoms with Crippen molar-refractivity contribution in [2.45, 2.75) is 0 Å². The molecule has 0 atom stereocenters. The van der Waals surface area contributed by atoms with Crippen LogP contribution in [0.25, 0.3) is 6.08 Å². The molecule has 0 unspecified atom stereocenters. The van der Waals surface area contributed by atoms with Crippen molar-refractivity contribution in [3.05, 3.63) is 24.2 Å². The van der Waals surface area contributed by atoms with Crippen LogP contribution >= 0.6 is 0 Å². The van der Waals surface area contributed by atoms with Crippen LogP contribution in [0.4, 0.5) is 5.82 Å². The predicted molar refractivity (Wildman–Crippen MR) is 47.5 cm³/mol. The predicted octanol–water partition coefficient (Wildman–Crippen LogP) is 0.245. The Bertz CT molecular complexity index is 336. The molecule has 0 amide bonds. The highest BCUT2D eigenvalue weighted by Crippen LogP contribution is 1.98. The average Bonchev–Trinajstić information content (AvgIpc) is 2.14. The molecule has 5 nitrogen and oxygen atoms in total. The van der Waals surface area contributed by atoms with Crippen LogP contribution in [0.5, 0.6) is 0 Å². The normalized spacial score (nSPS) is 10.2. The number of aromatic nitrogens is 2. The maximum atomic E-state index is 10.7. The zero-order valence-electron chi connectivity index (χ0n) is 7.10. The number of nitrogen functional groups attached to an aromatic ring is 1. The van der Waals surface area contributed by atoms with Gasteiger partial charge in [-0.25, -0.2) is 14.8 Å². The van der Waals surface area contributed by atoms with Crippen molar-refractivity contribution in [1.82, 2.24) is 9.97 Å². The van der Waals surface area contributed by atoms with Crippen LogP contribution in [0.3, 0.4) is 0 Å². The highest BCUT2D eigenvalue weighted by atomic mass is 16.5. The number of carbonyl (C=O) groups excluding carboxylic acids is 1. The smallest absolute Gasteiger partial charge is 0.330 e. The first-order valence-electron chi connectivity index (χ1n) is 3.57. The molecule has 0 saturated carbocycles. The number of methoxy groups -OCH3 is 1. The van der Waals surface area contributed by atoms with Crippen molar-refractivity contribution >= 4 is 17.9 Å².